The summed E-state index contributed by atoms with van der Waals surface area (Å²) in [7, 11) is 0. The Kier molecular flexibility index (Phi) is 2.56. The van der Waals surface area contributed by atoms with Crippen LogP contribution in [0.25, 0.3) is 21.6 Å². The molecule has 3 rings (SSSR count). The number of hydrogen-bond donors (Lipinski definition) is 0. The van der Waals surface area contributed by atoms with Crippen molar-refractivity contribution in [3.63, 3.8) is 0 Å². The van der Waals surface area contributed by atoms with Crippen LogP contribution in [-0.4, -0.2) is 14.3 Å². The minimum Gasteiger partial charge on any atom is -0.245 e. The van der Waals surface area contributed by atoms with Crippen LogP contribution in [0.5, 0.6) is 0 Å². The first kappa shape index (κ1) is 10.1. The van der Waals surface area contributed by atoms with Crippen LogP contribution in [0.4, 0.5) is 0 Å². The third kappa shape index (κ3) is 1.80. The van der Waals surface area contributed by atoms with Gasteiger partial charge in [0.1, 0.15) is 5.69 Å². The van der Waals surface area contributed by atoms with Crippen molar-refractivity contribution in [1.82, 2.24) is 14.3 Å². The van der Waals surface area contributed by atoms with Gasteiger partial charge in [0.05, 0.1) is 5.52 Å². The molecule has 0 aliphatic rings. The lowest BCUT2D eigenvalue weighted by Gasteiger charge is -1.98. The highest BCUT2D eigenvalue weighted by molar-refractivity contribution is 14.1. The van der Waals surface area contributed by atoms with Crippen molar-refractivity contribution in [2.75, 3.05) is 0 Å². The number of fused-ring (bicyclic) bond motifs is 1. The van der Waals surface area contributed by atoms with E-state index in [0.717, 1.165) is 25.4 Å². The number of pyridine rings is 1. The topological polar surface area (TPSA) is 38.7 Å². The Bertz CT molecular complexity index is 650. The zero-order valence-electron chi connectivity index (χ0n) is 8.09. The molecule has 0 aliphatic heterocycles. The molecule has 0 unspecified atom stereocenters. The van der Waals surface area contributed by atoms with Crippen molar-refractivity contribution >= 4 is 45.0 Å². The van der Waals surface area contributed by atoms with Crippen LogP contribution in [0.1, 0.15) is 0 Å². The molecule has 2 heterocycles. The molecule has 78 valence electrons. The van der Waals surface area contributed by atoms with Crippen molar-refractivity contribution in [3.8, 4) is 10.7 Å². The SMILES string of the molecule is Ic1nsc(-c2ccc3ccccc3n2)n1. The van der Waals surface area contributed by atoms with E-state index in [4.69, 9.17) is 0 Å². The van der Waals surface area contributed by atoms with Gasteiger partial charge in [0.25, 0.3) is 0 Å². The van der Waals surface area contributed by atoms with E-state index < -0.39 is 0 Å². The molecule has 0 amide bonds. The van der Waals surface area contributed by atoms with Gasteiger partial charge in [0.15, 0.2) is 5.01 Å². The monoisotopic (exact) mass is 339 g/mol. The quantitative estimate of drug-likeness (QED) is 0.638. The first-order valence-electron chi connectivity index (χ1n) is 4.68. The van der Waals surface area contributed by atoms with Crippen molar-refractivity contribution in [2.45, 2.75) is 0 Å². The first-order valence-corrected chi connectivity index (χ1v) is 6.53. The number of hydrogen-bond acceptors (Lipinski definition) is 4. The van der Waals surface area contributed by atoms with Crippen molar-refractivity contribution in [3.05, 3.63) is 40.2 Å². The lowest BCUT2D eigenvalue weighted by molar-refractivity contribution is 1.24. The fourth-order valence-corrected chi connectivity index (χ4v) is 2.73. The van der Waals surface area contributed by atoms with Crippen molar-refractivity contribution in [2.24, 2.45) is 0 Å². The van der Waals surface area contributed by atoms with E-state index in [1.165, 1.54) is 11.5 Å². The average Bonchev–Trinajstić information content (AvgIpc) is 2.75. The second kappa shape index (κ2) is 4.06. The Labute approximate surface area is 110 Å². The van der Waals surface area contributed by atoms with Crippen LogP contribution in [0.15, 0.2) is 36.4 Å². The highest BCUT2D eigenvalue weighted by Gasteiger charge is 2.06. The van der Waals surface area contributed by atoms with E-state index in [1.807, 2.05) is 24.3 Å². The summed E-state index contributed by atoms with van der Waals surface area (Å²) in [5.74, 6) is 0. The van der Waals surface area contributed by atoms with Gasteiger partial charge in [-0.05, 0) is 23.7 Å². The van der Waals surface area contributed by atoms with Crippen LogP contribution in [0.3, 0.4) is 0 Å². The molecule has 0 atom stereocenters. The smallest absolute Gasteiger partial charge is 0.203 e. The molecular weight excluding hydrogens is 333 g/mol. The van der Waals surface area contributed by atoms with E-state index in [2.05, 4.69) is 49.1 Å². The summed E-state index contributed by atoms with van der Waals surface area (Å²) in [5, 5.41) is 2.01. The second-order valence-corrected chi connectivity index (χ2v) is 4.97. The first-order chi connectivity index (χ1) is 7.83. The van der Waals surface area contributed by atoms with Gasteiger partial charge in [0.2, 0.25) is 3.83 Å². The third-order valence-corrected chi connectivity index (χ3v) is 3.77. The largest absolute Gasteiger partial charge is 0.245 e. The number of aromatic nitrogens is 3. The third-order valence-electron chi connectivity index (χ3n) is 2.22. The van der Waals surface area contributed by atoms with Crippen LogP contribution in [0.2, 0.25) is 0 Å². The maximum atomic E-state index is 4.56. The van der Waals surface area contributed by atoms with Gasteiger partial charge in [-0.25, -0.2) is 9.97 Å². The van der Waals surface area contributed by atoms with E-state index in [0.29, 0.717) is 0 Å². The maximum absolute atomic E-state index is 4.56. The Morgan fingerprint density at radius 2 is 1.88 bits per heavy atom. The minimum atomic E-state index is 0.771. The minimum absolute atomic E-state index is 0.771. The molecule has 3 aromatic rings. The number of rotatable bonds is 1. The normalized spacial score (nSPS) is 10.8. The molecule has 0 aliphatic carbocycles. The molecule has 0 saturated heterocycles. The van der Waals surface area contributed by atoms with Gasteiger partial charge in [-0.3, -0.25) is 0 Å². The molecule has 0 N–H and O–H groups in total. The van der Waals surface area contributed by atoms with Gasteiger partial charge in [-0.15, -0.1) is 0 Å². The second-order valence-electron chi connectivity index (χ2n) is 3.26. The summed E-state index contributed by atoms with van der Waals surface area (Å²) in [6.07, 6.45) is 0. The van der Waals surface area contributed by atoms with E-state index in [-0.39, 0.29) is 0 Å². The molecule has 16 heavy (non-hydrogen) atoms. The molecule has 0 bridgehead atoms. The molecule has 0 radical (unpaired) electrons. The van der Waals surface area contributed by atoms with Crippen molar-refractivity contribution in [1.29, 1.82) is 0 Å². The van der Waals surface area contributed by atoms with Gasteiger partial charge in [-0.1, -0.05) is 24.3 Å². The number of para-hydroxylation sites is 1. The highest BCUT2D eigenvalue weighted by atomic mass is 127. The number of benzene rings is 1. The Morgan fingerprint density at radius 1 is 1.00 bits per heavy atom. The molecular formula is C11H6IN3S. The Balaban J connectivity index is 2.18. The van der Waals surface area contributed by atoms with E-state index in [1.54, 1.807) is 0 Å². The fraction of sp³-hybridized carbons (Fsp3) is 0. The molecule has 2 aromatic heterocycles. The standard InChI is InChI=1S/C11H6IN3S/c12-11-14-10(16-15-11)9-6-5-7-3-1-2-4-8(7)13-9/h1-6H. The highest BCUT2D eigenvalue weighted by Crippen LogP contribution is 2.22. The van der Waals surface area contributed by atoms with Gasteiger partial charge >= 0.3 is 0 Å². The predicted molar refractivity (Wildman–Crippen MR) is 73.4 cm³/mol. The maximum Gasteiger partial charge on any atom is 0.203 e. The summed E-state index contributed by atoms with van der Waals surface area (Å²) >= 11 is 3.49. The molecule has 3 nitrogen and oxygen atoms in total. The van der Waals surface area contributed by atoms with Crippen LogP contribution < -0.4 is 0 Å². The molecule has 0 fully saturated rings. The van der Waals surface area contributed by atoms with E-state index >= 15 is 0 Å². The lowest BCUT2D eigenvalue weighted by atomic mass is 10.2. The fourth-order valence-electron chi connectivity index (χ4n) is 1.49. The van der Waals surface area contributed by atoms with Gasteiger partial charge < -0.3 is 0 Å². The van der Waals surface area contributed by atoms with Crippen LogP contribution in [-0.2, 0) is 0 Å². The molecule has 0 saturated carbocycles. The Morgan fingerprint density at radius 3 is 2.69 bits per heavy atom. The summed E-state index contributed by atoms with van der Waals surface area (Å²) in [5.41, 5.74) is 1.88. The van der Waals surface area contributed by atoms with Crippen molar-refractivity contribution < 1.29 is 0 Å². The number of nitrogens with zero attached hydrogens (tertiary/aromatic N) is 3. The van der Waals surface area contributed by atoms with Crippen LogP contribution >= 0.6 is 34.1 Å². The summed E-state index contributed by atoms with van der Waals surface area (Å²) < 4.78 is 4.92. The Hall–Kier alpha value is -1.08. The van der Waals surface area contributed by atoms with Gasteiger partial charge in [-0.2, -0.15) is 4.37 Å². The molecule has 1 aromatic carbocycles. The van der Waals surface area contributed by atoms with E-state index in [9.17, 15) is 0 Å². The summed E-state index contributed by atoms with van der Waals surface area (Å²) in [6.45, 7) is 0. The summed E-state index contributed by atoms with van der Waals surface area (Å²) in [6, 6.07) is 12.1. The predicted octanol–water partition coefficient (Wildman–Crippen LogP) is 3.36. The lowest BCUT2D eigenvalue weighted by Crippen LogP contribution is -1.84. The van der Waals surface area contributed by atoms with Gasteiger partial charge in [0, 0.05) is 28.0 Å². The van der Waals surface area contributed by atoms with Crippen LogP contribution in [0, 0.1) is 3.83 Å². The molecule has 5 heteroatoms. The zero-order valence-corrected chi connectivity index (χ0v) is 11.1. The molecule has 0 spiro atoms. The zero-order chi connectivity index (χ0) is 11.0. The number of halogens is 1. The summed E-state index contributed by atoms with van der Waals surface area (Å²) in [4.78, 5) is 8.88. The average molecular weight is 339 g/mol.